The third-order valence-corrected chi connectivity index (χ3v) is 6.26. The van der Waals surface area contributed by atoms with Crippen LogP contribution in [0.15, 0.2) is 42.5 Å². The average Bonchev–Trinajstić information content (AvgIpc) is 3.52. The number of likely N-dealkylation sites (tertiary alicyclic amines) is 1. The molecule has 1 aliphatic heterocycles. The Morgan fingerprint density at radius 1 is 1.14 bits per heavy atom. The molecular weight excluding hydrogens is 438 g/mol. The molecule has 1 fully saturated rings. The van der Waals surface area contributed by atoms with Crippen molar-refractivity contribution in [1.82, 2.24) is 14.8 Å². The van der Waals surface area contributed by atoms with E-state index in [2.05, 4.69) is 51.3 Å². The summed E-state index contributed by atoms with van der Waals surface area (Å²) in [6.07, 6.45) is 4.37. The SMILES string of the molecule is CCNC=O.CCn1c(-c2cccc(NC)c2)c(C#N)c2ccc(OCCCN3CCCC3)cc21. The fourth-order valence-electron chi connectivity index (χ4n) is 4.55. The molecule has 1 aliphatic rings. The van der Waals surface area contributed by atoms with E-state index in [1.807, 2.05) is 38.2 Å². The van der Waals surface area contributed by atoms with Gasteiger partial charge in [0, 0.05) is 49.4 Å². The highest BCUT2D eigenvalue weighted by Crippen LogP contribution is 2.36. The molecule has 1 saturated heterocycles. The molecule has 0 bridgehead atoms. The Labute approximate surface area is 208 Å². The number of nitrogens with zero attached hydrogens (tertiary/aromatic N) is 3. The van der Waals surface area contributed by atoms with Gasteiger partial charge >= 0.3 is 0 Å². The smallest absolute Gasteiger partial charge is 0.207 e. The third kappa shape index (κ3) is 6.55. The number of benzene rings is 2. The Bertz CT molecular complexity index is 1140. The molecule has 0 saturated carbocycles. The highest BCUT2D eigenvalue weighted by atomic mass is 16.5. The summed E-state index contributed by atoms with van der Waals surface area (Å²) in [6, 6.07) is 16.8. The van der Waals surface area contributed by atoms with Crippen molar-refractivity contribution in [3.63, 3.8) is 0 Å². The molecule has 35 heavy (non-hydrogen) atoms. The van der Waals surface area contributed by atoms with Crippen LogP contribution in [0.25, 0.3) is 22.2 Å². The van der Waals surface area contributed by atoms with Crippen LogP contribution < -0.4 is 15.4 Å². The summed E-state index contributed by atoms with van der Waals surface area (Å²) >= 11 is 0. The molecule has 0 radical (unpaired) electrons. The molecule has 2 heterocycles. The van der Waals surface area contributed by atoms with Gasteiger partial charge in [0.05, 0.1) is 23.4 Å². The minimum absolute atomic E-state index is 0.681. The molecule has 0 unspecified atom stereocenters. The van der Waals surface area contributed by atoms with E-state index in [1.165, 1.54) is 25.9 Å². The lowest BCUT2D eigenvalue weighted by Crippen LogP contribution is -2.21. The first-order valence-corrected chi connectivity index (χ1v) is 12.5. The van der Waals surface area contributed by atoms with E-state index in [9.17, 15) is 10.1 Å². The normalized spacial score (nSPS) is 13.1. The van der Waals surface area contributed by atoms with E-state index in [1.54, 1.807) is 0 Å². The lowest BCUT2D eigenvalue weighted by Gasteiger charge is -2.14. The zero-order valence-electron chi connectivity index (χ0n) is 21.1. The molecule has 2 aromatic carbocycles. The van der Waals surface area contributed by atoms with E-state index in [4.69, 9.17) is 4.74 Å². The summed E-state index contributed by atoms with van der Waals surface area (Å²) < 4.78 is 8.29. The summed E-state index contributed by atoms with van der Waals surface area (Å²) in [7, 11) is 1.91. The van der Waals surface area contributed by atoms with Gasteiger partial charge in [-0.1, -0.05) is 12.1 Å². The molecule has 186 valence electrons. The monoisotopic (exact) mass is 475 g/mol. The number of carbonyl (C=O) groups excluding carboxylic acids is 1. The number of amides is 1. The summed E-state index contributed by atoms with van der Waals surface area (Å²) in [5, 5.41) is 16.5. The van der Waals surface area contributed by atoms with E-state index in [-0.39, 0.29) is 0 Å². The standard InChI is InChI=1S/C25H30N4O.C3H7NO/c1-3-29-24-17-21(30-15-7-14-28-12-4-5-13-28)10-11-22(24)23(18-26)25(29)19-8-6-9-20(16-19)27-2;1-2-4-3-5/h6,8-11,16-17,27H,3-5,7,12-15H2,1-2H3;3H,2H2,1H3,(H,4,5). The summed E-state index contributed by atoms with van der Waals surface area (Å²) in [6.45, 7) is 9.78. The van der Waals surface area contributed by atoms with Crippen LogP contribution in [0.2, 0.25) is 0 Å². The lowest BCUT2D eigenvalue weighted by atomic mass is 10.1. The van der Waals surface area contributed by atoms with Crippen LogP contribution in [0.1, 0.15) is 38.7 Å². The minimum Gasteiger partial charge on any atom is -0.493 e. The van der Waals surface area contributed by atoms with E-state index in [0.717, 1.165) is 71.8 Å². The molecule has 0 atom stereocenters. The fraction of sp³-hybridized carbons (Fsp3) is 0.429. The number of anilines is 1. The van der Waals surface area contributed by atoms with Crippen molar-refractivity contribution < 1.29 is 9.53 Å². The third-order valence-electron chi connectivity index (χ3n) is 6.26. The van der Waals surface area contributed by atoms with Gasteiger partial charge in [-0.2, -0.15) is 5.26 Å². The Morgan fingerprint density at radius 2 is 1.94 bits per heavy atom. The molecule has 4 rings (SSSR count). The molecular formula is C28H37N5O2. The Hall–Kier alpha value is -3.50. The van der Waals surface area contributed by atoms with Gasteiger partial charge in [0.2, 0.25) is 6.41 Å². The van der Waals surface area contributed by atoms with Crippen molar-refractivity contribution in [2.75, 3.05) is 45.2 Å². The Morgan fingerprint density at radius 3 is 2.57 bits per heavy atom. The van der Waals surface area contributed by atoms with Gasteiger partial charge in [-0.05, 0) is 70.5 Å². The Kier molecular flexibility index (Phi) is 10.00. The highest BCUT2D eigenvalue weighted by Gasteiger charge is 2.19. The number of aryl methyl sites for hydroxylation is 1. The number of ether oxygens (including phenoxy) is 1. The number of aromatic nitrogens is 1. The van der Waals surface area contributed by atoms with Gasteiger partial charge in [-0.25, -0.2) is 0 Å². The van der Waals surface area contributed by atoms with Crippen molar-refractivity contribution in [2.24, 2.45) is 0 Å². The quantitative estimate of drug-likeness (QED) is 0.323. The summed E-state index contributed by atoms with van der Waals surface area (Å²) in [5.74, 6) is 0.871. The molecule has 7 heteroatoms. The fourth-order valence-corrected chi connectivity index (χ4v) is 4.55. The second kappa shape index (κ2) is 13.4. The molecule has 0 aliphatic carbocycles. The van der Waals surface area contributed by atoms with Crippen LogP contribution in [0.3, 0.4) is 0 Å². The number of rotatable bonds is 10. The van der Waals surface area contributed by atoms with Crippen LogP contribution in [0.5, 0.6) is 5.75 Å². The van der Waals surface area contributed by atoms with Crippen LogP contribution in [-0.2, 0) is 11.3 Å². The van der Waals surface area contributed by atoms with Crippen LogP contribution >= 0.6 is 0 Å². The van der Waals surface area contributed by atoms with E-state index in [0.29, 0.717) is 6.41 Å². The Balaban J connectivity index is 0.000000623. The van der Waals surface area contributed by atoms with Gasteiger partial charge in [0.1, 0.15) is 11.8 Å². The molecule has 7 nitrogen and oxygen atoms in total. The van der Waals surface area contributed by atoms with Crippen LogP contribution in [0.4, 0.5) is 5.69 Å². The first kappa shape index (κ1) is 26.1. The zero-order chi connectivity index (χ0) is 25.0. The molecule has 1 aromatic heterocycles. The number of carbonyl (C=O) groups is 1. The van der Waals surface area contributed by atoms with Gasteiger partial charge < -0.3 is 24.8 Å². The predicted molar refractivity (Wildman–Crippen MR) is 143 cm³/mol. The molecule has 2 N–H and O–H groups in total. The van der Waals surface area contributed by atoms with Gasteiger partial charge in [-0.15, -0.1) is 0 Å². The zero-order valence-corrected chi connectivity index (χ0v) is 21.1. The topological polar surface area (TPSA) is 82.3 Å². The maximum Gasteiger partial charge on any atom is 0.207 e. The molecule has 0 spiro atoms. The minimum atomic E-state index is 0.681. The summed E-state index contributed by atoms with van der Waals surface area (Å²) in [5.41, 5.74) is 4.82. The largest absolute Gasteiger partial charge is 0.493 e. The van der Waals surface area contributed by atoms with Crippen LogP contribution in [0, 0.1) is 11.3 Å². The second-order valence-corrected chi connectivity index (χ2v) is 8.52. The maximum atomic E-state index is 9.94. The molecule has 3 aromatic rings. The molecule has 1 amide bonds. The van der Waals surface area contributed by atoms with Crippen LogP contribution in [-0.4, -0.2) is 55.7 Å². The second-order valence-electron chi connectivity index (χ2n) is 8.52. The first-order valence-electron chi connectivity index (χ1n) is 12.5. The highest BCUT2D eigenvalue weighted by molar-refractivity contribution is 5.95. The van der Waals surface area contributed by atoms with Gasteiger partial charge in [0.25, 0.3) is 0 Å². The van der Waals surface area contributed by atoms with Gasteiger partial charge in [0.15, 0.2) is 0 Å². The van der Waals surface area contributed by atoms with E-state index >= 15 is 0 Å². The number of nitriles is 1. The van der Waals surface area contributed by atoms with Crippen molar-refractivity contribution in [2.45, 2.75) is 39.7 Å². The van der Waals surface area contributed by atoms with Crippen molar-refractivity contribution in [1.29, 1.82) is 5.26 Å². The predicted octanol–water partition coefficient (Wildman–Crippen LogP) is 4.86. The average molecular weight is 476 g/mol. The number of nitrogens with one attached hydrogen (secondary N) is 2. The van der Waals surface area contributed by atoms with Crippen molar-refractivity contribution in [3.8, 4) is 23.1 Å². The number of hydrogen-bond acceptors (Lipinski definition) is 5. The lowest BCUT2D eigenvalue weighted by molar-refractivity contribution is -0.109. The number of fused-ring (bicyclic) bond motifs is 1. The first-order chi connectivity index (χ1) is 17.2. The summed E-state index contributed by atoms with van der Waals surface area (Å²) in [4.78, 5) is 11.8. The van der Waals surface area contributed by atoms with Crippen molar-refractivity contribution in [3.05, 3.63) is 48.0 Å². The number of hydrogen-bond donors (Lipinski definition) is 2. The van der Waals surface area contributed by atoms with E-state index < -0.39 is 0 Å². The van der Waals surface area contributed by atoms with Crippen molar-refractivity contribution >= 4 is 23.0 Å². The maximum absolute atomic E-state index is 9.94. The van der Waals surface area contributed by atoms with Gasteiger partial charge in [-0.3, -0.25) is 4.79 Å².